The highest BCUT2D eigenvalue weighted by Crippen LogP contribution is 2.12. The summed E-state index contributed by atoms with van der Waals surface area (Å²) in [6.45, 7) is 3.75. The largest absolute Gasteiger partial charge is 0.380 e. The molecular formula is C13H20BrNO. The third-order valence-corrected chi connectivity index (χ3v) is 3.00. The van der Waals surface area contributed by atoms with Gasteiger partial charge in [0.25, 0.3) is 0 Å². The van der Waals surface area contributed by atoms with Crippen LogP contribution in [0.15, 0.2) is 28.7 Å². The van der Waals surface area contributed by atoms with Crippen molar-refractivity contribution in [1.29, 1.82) is 0 Å². The highest BCUT2D eigenvalue weighted by molar-refractivity contribution is 9.10. The lowest BCUT2D eigenvalue weighted by atomic mass is 10.1. The van der Waals surface area contributed by atoms with Gasteiger partial charge in [0.05, 0.1) is 6.61 Å². The van der Waals surface area contributed by atoms with E-state index in [2.05, 4.69) is 52.4 Å². The molecule has 0 heterocycles. The first kappa shape index (κ1) is 13.7. The van der Waals surface area contributed by atoms with Crippen LogP contribution in [0.25, 0.3) is 0 Å². The highest BCUT2D eigenvalue weighted by Gasteiger charge is 2.06. The molecule has 0 aromatic heterocycles. The number of hydrogen-bond acceptors (Lipinski definition) is 2. The Kier molecular flexibility index (Phi) is 6.69. The van der Waals surface area contributed by atoms with Crippen LogP contribution in [0.1, 0.15) is 18.9 Å². The molecule has 2 nitrogen and oxygen atoms in total. The SMILES string of the molecule is CCCOCC(Cc1ccc(Br)cc1)NC. The Morgan fingerprint density at radius 1 is 1.31 bits per heavy atom. The summed E-state index contributed by atoms with van der Waals surface area (Å²) in [4.78, 5) is 0. The van der Waals surface area contributed by atoms with Gasteiger partial charge in [0.2, 0.25) is 0 Å². The van der Waals surface area contributed by atoms with Gasteiger partial charge < -0.3 is 10.1 Å². The van der Waals surface area contributed by atoms with E-state index in [4.69, 9.17) is 4.74 Å². The van der Waals surface area contributed by atoms with Crippen LogP contribution in [0.4, 0.5) is 0 Å². The van der Waals surface area contributed by atoms with Gasteiger partial charge in [-0.25, -0.2) is 0 Å². The van der Waals surface area contributed by atoms with Gasteiger partial charge >= 0.3 is 0 Å². The van der Waals surface area contributed by atoms with Gasteiger partial charge in [-0.3, -0.25) is 0 Å². The molecule has 0 spiro atoms. The summed E-state index contributed by atoms with van der Waals surface area (Å²) >= 11 is 3.44. The van der Waals surface area contributed by atoms with Crippen LogP contribution in [0.2, 0.25) is 0 Å². The molecule has 0 saturated heterocycles. The highest BCUT2D eigenvalue weighted by atomic mass is 79.9. The zero-order chi connectivity index (χ0) is 11.8. The maximum atomic E-state index is 5.56. The van der Waals surface area contributed by atoms with E-state index < -0.39 is 0 Å². The normalized spacial score (nSPS) is 12.7. The summed E-state index contributed by atoms with van der Waals surface area (Å²) < 4.78 is 6.68. The third kappa shape index (κ3) is 5.10. The number of benzene rings is 1. The molecule has 1 atom stereocenters. The molecule has 0 fully saturated rings. The number of halogens is 1. The average Bonchev–Trinajstić information content (AvgIpc) is 2.31. The Bertz CT molecular complexity index is 286. The Hall–Kier alpha value is -0.380. The zero-order valence-electron chi connectivity index (χ0n) is 10.0. The minimum absolute atomic E-state index is 0.396. The maximum Gasteiger partial charge on any atom is 0.0622 e. The Balaban J connectivity index is 2.40. The summed E-state index contributed by atoms with van der Waals surface area (Å²) in [6.07, 6.45) is 2.09. The molecule has 1 aromatic rings. The fourth-order valence-electron chi connectivity index (χ4n) is 1.52. The molecule has 0 bridgehead atoms. The van der Waals surface area contributed by atoms with Crippen molar-refractivity contribution in [3.8, 4) is 0 Å². The minimum Gasteiger partial charge on any atom is -0.380 e. The standard InChI is InChI=1S/C13H20BrNO/c1-3-8-16-10-13(15-2)9-11-4-6-12(14)7-5-11/h4-7,13,15H,3,8-10H2,1-2H3. The Labute approximate surface area is 107 Å². The molecule has 1 rings (SSSR count). The van der Waals surface area contributed by atoms with Crippen LogP contribution in [0, 0.1) is 0 Å². The van der Waals surface area contributed by atoms with Crippen LogP contribution in [-0.4, -0.2) is 26.3 Å². The predicted octanol–water partition coefficient (Wildman–Crippen LogP) is 3.01. The predicted molar refractivity (Wildman–Crippen MR) is 71.8 cm³/mol. The molecule has 1 unspecified atom stereocenters. The second-order valence-corrected chi connectivity index (χ2v) is 4.81. The summed E-state index contributed by atoms with van der Waals surface area (Å²) in [5, 5.41) is 3.29. The van der Waals surface area contributed by atoms with Gasteiger partial charge in [-0.05, 0) is 37.6 Å². The van der Waals surface area contributed by atoms with Crippen molar-refractivity contribution in [2.45, 2.75) is 25.8 Å². The van der Waals surface area contributed by atoms with E-state index in [-0.39, 0.29) is 0 Å². The van der Waals surface area contributed by atoms with Crippen molar-refractivity contribution in [2.75, 3.05) is 20.3 Å². The zero-order valence-corrected chi connectivity index (χ0v) is 11.6. The molecule has 0 amide bonds. The molecule has 0 aliphatic carbocycles. The number of hydrogen-bond donors (Lipinski definition) is 1. The fourth-order valence-corrected chi connectivity index (χ4v) is 1.78. The van der Waals surface area contributed by atoms with Gasteiger partial charge in [-0.1, -0.05) is 35.0 Å². The monoisotopic (exact) mass is 285 g/mol. The molecule has 90 valence electrons. The van der Waals surface area contributed by atoms with Gasteiger partial charge in [0, 0.05) is 17.1 Å². The quantitative estimate of drug-likeness (QED) is 0.778. The number of nitrogens with one attached hydrogen (secondary N) is 1. The van der Waals surface area contributed by atoms with Crippen LogP contribution >= 0.6 is 15.9 Å². The van der Waals surface area contributed by atoms with E-state index in [1.54, 1.807) is 0 Å². The van der Waals surface area contributed by atoms with Gasteiger partial charge in [-0.2, -0.15) is 0 Å². The minimum atomic E-state index is 0.396. The summed E-state index contributed by atoms with van der Waals surface area (Å²) in [6, 6.07) is 8.85. The van der Waals surface area contributed by atoms with Crippen molar-refractivity contribution < 1.29 is 4.74 Å². The first-order valence-electron chi connectivity index (χ1n) is 5.75. The maximum absolute atomic E-state index is 5.56. The van der Waals surface area contributed by atoms with Crippen molar-refractivity contribution >= 4 is 15.9 Å². The topological polar surface area (TPSA) is 21.3 Å². The van der Waals surface area contributed by atoms with Gasteiger partial charge in [0.1, 0.15) is 0 Å². The summed E-state index contributed by atoms with van der Waals surface area (Å²) in [5.41, 5.74) is 1.34. The lowest BCUT2D eigenvalue weighted by Crippen LogP contribution is -2.32. The number of ether oxygens (including phenoxy) is 1. The second-order valence-electron chi connectivity index (χ2n) is 3.89. The summed E-state index contributed by atoms with van der Waals surface area (Å²) in [5.74, 6) is 0. The van der Waals surface area contributed by atoms with Crippen LogP contribution in [-0.2, 0) is 11.2 Å². The first-order chi connectivity index (χ1) is 7.76. The van der Waals surface area contributed by atoms with E-state index in [1.807, 2.05) is 7.05 Å². The van der Waals surface area contributed by atoms with E-state index in [0.717, 1.165) is 30.5 Å². The van der Waals surface area contributed by atoms with Gasteiger partial charge in [-0.15, -0.1) is 0 Å². The second kappa shape index (κ2) is 7.82. The van der Waals surface area contributed by atoms with Crippen molar-refractivity contribution in [2.24, 2.45) is 0 Å². The van der Waals surface area contributed by atoms with Gasteiger partial charge in [0.15, 0.2) is 0 Å². The first-order valence-corrected chi connectivity index (χ1v) is 6.55. The summed E-state index contributed by atoms with van der Waals surface area (Å²) in [7, 11) is 1.98. The lowest BCUT2D eigenvalue weighted by Gasteiger charge is -2.16. The molecule has 0 radical (unpaired) electrons. The van der Waals surface area contributed by atoms with Crippen molar-refractivity contribution in [3.05, 3.63) is 34.3 Å². The molecule has 0 aliphatic rings. The van der Waals surface area contributed by atoms with E-state index in [0.29, 0.717) is 6.04 Å². The van der Waals surface area contributed by atoms with Crippen LogP contribution < -0.4 is 5.32 Å². The molecule has 16 heavy (non-hydrogen) atoms. The molecule has 3 heteroatoms. The molecule has 1 N–H and O–H groups in total. The Morgan fingerprint density at radius 2 is 2.00 bits per heavy atom. The van der Waals surface area contributed by atoms with Crippen LogP contribution in [0.3, 0.4) is 0 Å². The third-order valence-electron chi connectivity index (χ3n) is 2.47. The Morgan fingerprint density at radius 3 is 2.56 bits per heavy atom. The number of rotatable bonds is 7. The molecule has 0 aliphatic heterocycles. The average molecular weight is 286 g/mol. The molecular weight excluding hydrogens is 266 g/mol. The fraction of sp³-hybridized carbons (Fsp3) is 0.538. The van der Waals surface area contributed by atoms with Crippen molar-refractivity contribution in [1.82, 2.24) is 5.32 Å². The van der Waals surface area contributed by atoms with Crippen molar-refractivity contribution in [3.63, 3.8) is 0 Å². The van der Waals surface area contributed by atoms with E-state index in [9.17, 15) is 0 Å². The van der Waals surface area contributed by atoms with Crippen LogP contribution in [0.5, 0.6) is 0 Å². The number of likely N-dealkylation sites (N-methyl/N-ethyl adjacent to an activating group) is 1. The lowest BCUT2D eigenvalue weighted by molar-refractivity contribution is 0.114. The van der Waals surface area contributed by atoms with E-state index >= 15 is 0 Å². The van der Waals surface area contributed by atoms with E-state index in [1.165, 1.54) is 5.56 Å². The molecule has 0 saturated carbocycles. The molecule has 1 aromatic carbocycles. The smallest absolute Gasteiger partial charge is 0.0622 e.